The van der Waals surface area contributed by atoms with Gasteiger partial charge >= 0.3 is 0 Å². The molecule has 0 unspecified atom stereocenters. The fourth-order valence-electron chi connectivity index (χ4n) is 4.80. The van der Waals surface area contributed by atoms with Crippen LogP contribution >= 0.6 is 0 Å². The number of amides is 2. The molecule has 2 N–H and O–H groups in total. The third kappa shape index (κ3) is 12.2. The molecule has 0 bridgehead atoms. The highest BCUT2D eigenvalue weighted by Gasteiger charge is 2.22. The van der Waals surface area contributed by atoms with Gasteiger partial charge in [-0.25, -0.2) is 0 Å². The average molecular weight is 689 g/mol. The highest BCUT2D eigenvalue weighted by molar-refractivity contribution is 6.10. The van der Waals surface area contributed by atoms with E-state index in [-0.39, 0.29) is 34.3 Å². The number of unbranched alkanes of at least 4 members (excludes halogenated alkanes) is 4. The minimum atomic E-state index is -0.525. The molecule has 3 aromatic rings. The molecule has 0 heterocycles. The summed E-state index contributed by atoms with van der Waals surface area (Å²) in [6.07, 6.45) is 6.99. The van der Waals surface area contributed by atoms with Gasteiger partial charge in [0.05, 0.1) is 48.9 Å². The van der Waals surface area contributed by atoms with Gasteiger partial charge in [0.1, 0.15) is 35.6 Å². The lowest BCUT2D eigenvalue weighted by Gasteiger charge is -2.21. The number of ether oxygens (including phenoxy) is 4. The van der Waals surface area contributed by atoms with Gasteiger partial charge in [-0.1, -0.05) is 67.2 Å². The Morgan fingerprint density at radius 1 is 0.580 bits per heavy atom. The molecule has 0 aliphatic carbocycles. The number of rotatable bonds is 22. The Kier molecular flexibility index (Phi) is 16.3. The summed E-state index contributed by atoms with van der Waals surface area (Å²) in [7, 11) is 0. The molecule has 0 aliphatic heterocycles. The Morgan fingerprint density at radius 2 is 1.00 bits per heavy atom. The van der Waals surface area contributed by atoms with Crippen LogP contribution in [0, 0.1) is 11.8 Å². The topological polar surface area (TPSA) is 129 Å². The molecule has 50 heavy (non-hydrogen) atoms. The van der Waals surface area contributed by atoms with Crippen molar-refractivity contribution in [3.63, 3.8) is 0 Å². The minimum absolute atomic E-state index is 0.172. The van der Waals surface area contributed by atoms with E-state index in [1.165, 1.54) is 12.1 Å². The van der Waals surface area contributed by atoms with Crippen molar-refractivity contribution in [3.05, 3.63) is 70.8 Å². The van der Waals surface area contributed by atoms with Crippen molar-refractivity contribution in [2.75, 3.05) is 37.1 Å². The van der Waals surface area contributed by atoms with E-state index < -0.39 is 11.8 Å². The van der Waals surface area contributed by atoms with Gasteiger partial charge in [-0.3, -0.25) is 19.2 Å². The Bertz CT molecular complexity index is 1470. The summed E-state index contributed by atoms with van der Waals surface area (Å²) in [4.78, 5) is 51.0. The summed E-state index contributed by atoms with van der Waals surface area (Å²) in [5.41, 5.74) is 1.55. The molecule has 10 heteroatoms. The second-order valence-electron chi connectivity index (χ2n) is 13.0. The van der Waals surface area contributed by atoms with E-state index in [1.807, 2.05) is 27.7 Å². The molecule has 270 valence electrons. The first kappa shape index (κ1) is 39.6. The predicted molar refractivity (Wildman–Crippen MR) is 197 cm³/mol. The number of nitrogens with one attached hydrogen (secondary N) is 2. The van der Waals surface area contributed by atoms with Crippen molar-refractivity contribution in [3.8, 4) is 23.0 Å². The maximum absolute atomic E-state index is 13.9. The Labute approximate surface area is 296 Å². The zero-order chi connectivity index (χ0) is 36.5. The highest BCUT2D eigenvalue weighted by Crippen LogP contribution is 2.39. The molecule has 2 amide bonds. The van der Waals surface area contributed by atoms with Crippen LogP contribution in [0.5, 0.6) is 23.0 Å². The first-order chi connectivity index (χ1) is 24.1. The van der Waals surface area contributed by atoms with E-state index in [2.05, 4.69) is 24.5 Å². The van der Waals surface area contributed by atoms with Crippen LogP contribution in [0.25, 0.3) is 0 Å². The molecular weight excluding hydrogens is 636 g/mol. The number of carbonyl (C=O) groups excluding carboxylic acids is 4. The van der Waals surface area contributed by atoms with Crippen molar-refractivity contribution in [1.82, 2.24) is 0 Å². The van der Waals surface area contributed by atoms with Crippen LogP contribution in [0.4, 0.5) is 11.4 Å². The molecule has 0 fully saturated rings. The number of hydrogen-bond donors (Lipinski definition) is 2. The van der Waals surface area contributed by atoms with Crippen LogP contribution < -0.4 is 29.6 Å². The second kappa shape index (κ2) is 20.6. The summed E-state index contributed by atoms with van der Waals surface area (Å²) in [6.45, 7) is 13.7. The number of aldehydes is 2. The van der Waals surface area contributed by atoms with Crippen LogP contribution in [0.15, 0.2) is 48.5 Å². The predicted octanol–water partition coefficient (Wildman–Crippen LogP) is 9.02. The molecule has 0 radical (unpaired) electrons. The zero-order valence-corrected chi connectivity index (χ0v) is 30.3. The lowest BCUT2D eigenvalue weighted by Crippen LogP contribution is -2.18. The SMILES string of the molecule is CCCCCOc1ccc(C=O)cc1C(=O)Nc1cc(NC(=O)c2cc(C=O)ccc2OCCCCC)c(OCC(C)C)cc1OCC(C)C. The summed E-state index contributed by atoms with van der Waals surface area (Å²) < 4.78 is 24.2. The molecule has 0 saturated carbocycles. The number of hydrogen-bond acceptors (Lipinski definition) is 8. The molecule has 0 saturated heterocycles. The molecule has 0 atom stereocenters. The van der Waals surface area contributed by atoms with Crippen LogP contribution in [-0.2, 0) is 0 Å². The van der Waals surface area contributed by atoms with Crippen LogP contribution in [0.1, 0.15) is 121 Å². The van der Waals surface area contributed by atoms with E-state index in [4.69, 9.17) is 18.9 Å². The van der Waals surface area contributed by atoms with Gasteiger partial charge in [0.2, 0.25) is 0 Å². The third-order valence-electron chi connectivity index (χ3n) is 7.50. The number of carbonyl (C=O) groups is 4. The largest absolute Gasteiger partial charge is 0.493 e. The van der Waals surface area contributed by atoms with E-state index in [1.54, 1.807) is 36.4 Å². The van der Waals surface area contributed by atoms with Gasteiger partial charge < -0.3 is 29.6 Å². The van der Waals surface area contributed by atoms with Gasteiger partial charge in [-0.15, -0.1) is 0 Å². The van der Waals surface area contributed by atoms with Crippen LogP contribution in [0.2, 0.25) is 0 Å². The van der Waals surface area contributed by atoms with E-state index in [0.29, 0.717) is 73.1 Å². The normalized spacial score (nSPS) is 10.9. The molecule has 0 spiro atoms. The summed E-state index contributed by atoms with van der Waals surface area (Å²) in [6, 6.07) is 12.6. The van der Waals surface area contributed by atoms with Crippen molar-refractivity contribution < 1.29 is 38.1 Å². The number of anilines is 2. The summed E-state index contributed by atoms with van der Waals surface area (Å²) in [5.74, 6) is 0.664. The highest BCUT2D eigenvalue weighted by atomic mass is 16.5. The monoisotopic (exact) mass is 688 g/mol. The van der Waals surface area contributed by atoms with Gasteiger partial charge in [-0.05, 0) is 67.1 Å². The first-order valence-electron chi connectivity index (χ1n) is 17.6. The lowest BCUT2D eigenvalue weighted by molar-refractivity contribution is 0.101. The maximum atomic E-state index is 13.9. The van der Waals surface area contributed by atoms with Crippen LogP contribution in [-0.4, -0.2) is 50.8 Å². The average Bonchev–Trinajstić information content (AvgIpc) is 3.10. The van der Waals surface area contributed by atoms with E-state index in [9.17, 15) is 19.2 Å². The minimum Gasteiger partial charge on any atom is -0.493 e. The molecule has 3 rings (SSSR count). The van der Waals surface area contributed by atoms with Gasteiger partial charge in [0, 0.05) is 17.2 Å². The van der Waals surface area contributed by atoms with Gasteiger partial charge in [0.15, 0.2) is 0 Å². The third-order valence-corrected chi connectivity index (χ3v) is 7.50. The fourth-order valence-corrected chi connectivity index (χ4v) is 4.80. The van der Waals surface area contributed by atoms with Crippen LogP contribution in [0.3, 0.4) is 0 Å². The lowest BCUT2D eigenvalue weighted by atomic mass is 10.1. The number of benzene rings is 3. The van der Waals surface area contributed by atoms with E-state index >= 15 is 0 Å². The van der Waals surface area contributed by atoms with Gasteiger partial charge in [-0.2, -0.15) is 0 Å². The molecular formula is C40H52N2O8. The quantitative estimate of drug-likeness (QED) is 0.0790. The fraction of sp³-hybridized carbons (Fsp3) is 0.450. The second-order valence-corrected chi connectivity index (χ2v) is 13.0. The van der Waals surface area contributed by atoms with Gasteiger partial charge in [0.25, 0.3) is 11.8 Å². The molecule has 0 aromatic heterocycles. The zero-order valence-electron chi connectivity index (χ0n) is 30.3. The Hall–Kier alpha value is -4.86. The summed E-state index contributed by atoms with van der Waals surface area (Å²) >= 11 is 0. The maximum Gasteiger partial charge on any atom is 0.259 e. The molecule has 10 nitrogen and oxygen atoms in total. The molecule has 3 aromatic carbocycles. The standard InChI is InChI=1S/C40H52N2O8/c1-7-9-11-17-47-35-15-13-29(23-43)19-31(35)39(45)41-33-21-34(38(50-26-28(5)6)22-37(33)49-25-27(3)4)42-40(46)32-20-30(24-44)14-16-36(32)48-18-12-10-8-2/h13-16,19-24,27-28H,7-12,17-18,25-26H2,1-6H3,(H,41,45)(H,42,46). The first-order valence-corrected chi connectivity index (χ1v) is 17.6. The summed E-state index contributed by atoms with van der Waals surface area (Å²) in [5, 5.41) is 5.84. The molecule has 0 aliphatic rings. The van der Waals surface area contributed by atoms with Crippen molar-refractivity contribution in [2.24, 2.45) is 11.8 Å². The van der Waals surface area contributed by atoms with Crippen molar-refractivity contribution >= 4 is 35.8 Å². The Balaban J connectivity index is 2.06. The Morgan fingerprint density at radius 3 is 1.36 bits per heavy atom. The van der Waals surface area contributed by atoms with Crippen molar-refractivity contribution in [2.45, 2.75) is 80.1 Å². The van der Waals surface area contributed by atoms with Crippen molar-refractivity contribution in [1.29, 1.82) is 0 Å². The smallest absolute Gasteiger partial charge is 0.259 e. The van der Waals surface area contributed by atoms with E-state index in [0.717, 1.165) is 38.5 Å².